The van der Waals surface area contributed by atoms with Crippen LogP contribution in [0, 0.1) is 3.57 Å². The van der Waals surface area contributed by atoms with E-state index in [4.69, 9.17) is 5.53 Å². The van der Waals surface area contributed by atoms with Crippen molar-refractivity contribution in [2.45, 2.75) is 6.42 Å². The average molecular weight is 416 g/mol. The molecule has 0 unspecified atom stereocenters. The lowest BCUT2D eigenvalue weighted by molar-refractivity contribution is 1.01. The number of azide groups is 1. The van der Waals surface area contributed by atoms with Crippen LogP contribution in [0.1, 0.15) is 5.56 Å². The van der Waals surface area contributed by atoms with E-state index in [1.54, 1.807) is 12.1 Å². The third-order valence-corrected chi connectivity index (χ3v) is 4.12. The lowest BCUT2D eigenvalue weighted by Gasteiger charge is -2.09. The van der Waals surface area contributed by atoms with Gasteiger partial charge in [0.1, 0.15) is 12.1 Å². The predicted octanol–water partition coefficient (Wildman–Crippen LogP) is 4.83. The summed E-state index contributed by atoms with van der Waals surface area (Å²) in [5, 5.41) is 7.81. The Labute approximate surface area is 146 Å². The van der Waals surface area contributed by atoms with Crippen molar-refractivity contribution in [1.82, 2.24) is 9.97 Å². The number of anilines is 1. The molecule has 0 atom stereocenters. The zero-order valence-electron chi connectivity index (χ0n) is 12.1. The summed E-state index contributed by atoms with van der Waals surface area (Å²) < 4.78 is 1.23. The fourth-order valence-electron chi connectivity index (χ4n) is 2.28. The molecule has 114 valence electrons. The van der Waals surface area contributed by atoms with Crippen molar-refractivity contribution in [3.8, 4) is 0 Å². The maximum Gasteiger partial charge on any atom is 0.137 e. The van der Waals surface area contributed by atoms with Crippen molar-refractivity contribution in [2.75, 3.05) is 11.9 Å². The summed E-state index contributed by atoms with van der Waals surface area (Å²) in [5.41, 5.74) is 11.2. The van der Waals surface area contributed by atoms with E-state index in [1.165, 1.54) is 15.5 Å². The van der Waals surface area contributed by atoms with E-state index in [0.717, 1.165) is 29.7 Å². The average Bonchev–Trinajstić information content (AvgIpc) is 2.57. The zero-order valence-corrected chi connectivity index (χ0v) is 14.3. The van der Waals surface area contributed by atoms with Crippen molar-refractivity contribution in [2.24, 2.45) is 5.11 Å². The third kappa shape index (κ3) is 3.88. The number of aromatic nitrogens is 2. The fraction of sp³-hybridized carbons (Fsp3) is 0.125. The smallest absolute Gasteiger partial charge is 0.137 e. The largest absolute Gasteiger partial charge is 0.369 e. The molecule has 0 aliphatic rings. The molecule has 0 aliphatic heterocycles. The first kappa shape index (κ1) is 15.5. The van der Waals surface area contributed by atoms with Gasteiger partial charge in [-0.1, -0.05) is 23.3 Å². The van der Waals surface area contributed by atoms with Crippen LogP contribution in [-0.4, -0.2) is 16.5 Å². The number of nitrogens with zero attached hydrogens (tertiary/aromatic N) is 5. The fourth-order valence-corrected chi connectivity index (χ4v) is 2.64. The number of nitrogens with one attached hydrogen (secondary N) is 1. The number of halogens is 1. The van der Waals surface area contributed by atoms with Gasteiger partial charge in [0.15, 0.2) is 0 Å². The monoisotopic (exact) mass is 416 g/mol. The molecule has 0 bridgehead atoms. The Balaban J connectivity index is 1.77. The van der Waals surface area contributed by atoms with Crippen molar-refractivity contribution < 1.29 is 0 Å². The molecule has 7 heteroatoms. The van der Waals surface area contributed by atoms with Gasteiger partial charge in [-0.3, -0.25) is 0 Å². The van der Waals surface area contributed by atoms with Crippen LogP contribution in [0.25, 0.3) is 21.3 Å². The molecule has 6 nitrogen and oxygen atoms in total. The number of benzene rings is 2. The summed E-state index contributed by atoms with van der Waals surface area (Å²) in [7, 11) is 0. The summed E-state index contributed by atoms with van der Waals surface area (Å²) in [6, 6.07) is 13.8. The van der Waals surface area contributed by atoms with E-state index < -0.39 is 0 Å². The maximum absolute atomic E-state index is 8.56. The highest BCUT2D eigenvalue weighted by atomic mass is 127. The van der Waals surface area contributed by atoms with Gasteiger partial charge >= 0.3 is 0 Å². The molecule has 1 aromatic heterocycles. The topological polar surface area (TPSA) is 86.6 Å². The van der Waals surface area contributed by atoms with E-state index in [1.807, 2.05) is 6.07 Å². The Morgan fingerprint density at radius 1 is 1.13 bits per heavy atom. The molecule has 0 amide bonds. The normalized spacial score (nSPS) is 10.3. The van der Waals surface area contributed by atoms with Gasteiger partial charge in [0.25, 0.3) is 0 Å². The quantitative estimate of drug-likeness (QED) is 0.280. The summed E-state index contributed by atoms with van der Waals surface area (Å²) in [5.74, 6) is 0.746. The van der Waals surface area contributed by atoms with Crippen molar-refractivity contribution in [3.63, 3.8) is 0 Å². The molecule has 0 aliphatic carbocycles. The highest BCUT2D eigenvalue weighted by molar-refractivity contribution is 14.1. The highest BCUT2D eigenvalue weighted by Crippen LogP contribution is 2.24. The van der Waals surface area contributed by atoms with Gasteiger partial charge in [-0.2, -0.15) is 0 Å². The minimum atomic E-state index is 0.551. The summed E-state index contributed by atoms with van der Waals surface area (Å²) in [6.07, 6.45) is 2.43. The number of fused-ring (bicyclic) bond motifs is 1. The van der Waals surface area contributed by atoms with Crippen molar-refractivity contribution in [1.29, 1.82) is 0 Å². The van der Waals surface area contributed by atoms with Crippen LogP contribution < -0.4 is 5.32 Å². The molecule has 23 heavy (non-hydrogen) atoms. The van der Waals surface area contributed by atoms with E-state index in [2.05, 4.69) is 72.2 Å². The Kier molecular flexibility index (Phi) is 4.89. The summed E-state index contributed by atoms with van der Waals surface area (Å²) in [6.45, 7) is 0.762. The van der Waals surface area contributed by atoms with Gasteiger partial charge in [-0.25, -0.2) is 9.97 Å². The molecule has 3 aromatic rings. The molecule has 0 spiro atoms. The van der Waals surface area contributed by atoms with Crippen LogP contribution in [0.5, 0.6) is 0 Å². The van der Waals surface area contributed by atoms with Crippen LogP contribution in [0.2, 0.25) is 0 Å². The zero-order chi connectivity index (χ0) is 16.1. The lowest BCUT2D eigenvalue weighted by atomic mass is 10.1. The van der Waals surface area contributed by atoms with Gasteiger partial charge in [-0.15, -0.1) is 0 Å². The van der Waals surface area contributed by atoms with Crippen LogP contribution in [0.4, 0.5) is 11.5 Å². The van der Waals surface area contributed by atoms with Crippen LogP contribution in [-0.2, 0) is 6.42 Å². The van der Waals surface area contributed by atoms with E-state index in [0.29, 0.717) is 5.69 Å². The molecule has 1 N–H and O–H groups in total. The Bertz CT molecular complexity index is 871. The van der Waals surface area contributed by atoms with Crippen LogP contribution in [0.3, 0.4) is 0 Å². The number of rotatable bonds is 5. The SMILES string of the molecule is [N-]=[N+]=Nc1ccc2ncnc(NCCc3ccc(I)cc3)c2c1. The van der Waals surface area contributed by atoms with Gasteiger partial charge in [-0.05, 0) is 64.4 Å². The maximum atomic E-state index is 8.56. The van der Waals surface area contributed by atoms with Crippen LogP contribution >= 0.6 is 22.6 Å². The first-order valence-electron chi connectivity index (χ1n) is 7.04. The Morgan fingerprint density at radius 2 is 1.96 bits per heavy atom. The van der Waals surface area contributed by atoms with E-state index in [9.17, 15) is 0 Å². The molecule has 0 saturated carbocycles. The standard InChI is InChI=1S/C16H13IN6/c17-12-3-1-11(2-4-12)7-8-19-16-14-9-13(22-23-18)5-6-15(14)20-10-21-16/h1-6,9-10H,7-8H2,(H,19,20,21). The second-order valence-corrected chi connectivity index (χ2v) is 6.16. The second-order valence-electron chi connectivity index (χ2n) is 4.92. The van der Waals surface area contributed by atoms with Gasteiger partial charge in [0, 0.05) is 26.1 Å². The van der Waals surface area contributed by atoms with Crippen molar-refractivity contribution in [3.05, 3.63) is 68.4 Å². The third-order valence-electron chi connectivity index (χ3n) is 3.40. The van der Waals surface area contributed by atoms with Gasteiger partial charge in [0.05, 0.1) is 5.52 Å². The van der Waals surface area contributed by atoms with E-state index >= 15 is 0 Å². The predicted molar refractivity (Wildman–Crippen MR) is 99.7 cm³/mol. The molecular formula is C16H13IN6. The number of hydrogen-bond donors (Lipinski definition) is 1. The van der Waals surface area contributed by atoms with Gasteiger partial charge < -0.3 is 5.32 Å². The van der Waals surface area contributed by atoms with Crippen molar-refractivity contribution >= 4 is 45.0 Å². The molecule has 0 radical (unpaired) electrons. The molecule has 1 heterocycles. The first-order valence-corrected chi connectivity index (χ1v) is 8.12. The number of hydrogen-bond acceptors (Lipinski definition) is 4. The molecule has 2 aromatic carbocycles. The highest BCUT2D eigenvalue weighted by Gasteiger charge is 2.04. The lowest BCUT2D eigenvalue weighted by Crippen LogP contribution is -2.07. The van der Waals surface area contributed by atoms with Crippen LogP contribution in [0.15, 0.2) is 53.9 Å². The Morgan fingerprint density at radius 3 is 2.74 bits per heavy atom. The summed E-state index contributed by atoms with van der Waals surface area (Å²) in [4.78, 5) is 11.3. The molecule has 0 saturated heterocycles. The van der Waals surface area contributed by atoms with Gasteiger partial charge in [0.2, 0.25) is 0 Å². The first-order chi connectivity index (χ1) is 11.3. The second kappa shape index (κ2) is 7.26. The minimum absolute atomic E-state index is 0.551. The Hall–Kier alpha value is -2.38. The van der Waals surface area contributed by atoms with E-state index in [-0.39, 0.29) is 0 Å². The molecule has 0 fully saturated rings. The minimum Gasteiger partial charge on any atom is -0.369 e. The summed E-state index contributed by atoms with van der Waals surface area (Å²) >= 11 is 2.30. The molecular weight excluding hydrogens is 403 g/mol. The molecule has 3 rings (SSSR count).